The second kappa shape index (κ2) is 6.73. The van der Waals surface area contributed by atoms with Gasteiger partial charge in [-0.15, -0.1) is 0 Å². The Morgan fingerprint density at radius 1 is 1.04 bits per heavy atom. The number of benzene rings is 2. The van der Waals surface area contributed by atoms with Crippen molar-refractivity contribution in [1.82, 2.24) is 4.90 Å². The quantitative estimate of drug-likeness (QED) is 0.873. The molecule has 4 heteroatoms. The number of carbonyl (C=O) groups excluding carboxylic acids is 1. The standard InChI is InChI=1S/C19H22N2O2/c1-15-14-20(12-13-21(15)17-6-4-3-5-7-17)19(22)16-8-10-18(23-2)11-9-16/h3-11,15H,12-14H2,1-2H3. The molecule has 0 radical (unpaired) electrons. The largest absolute Gasteiger partial charge is 0.497 e. The molecule has 1 fully saturated rings. The predicted octanol–water partition coefficient (Wildman–Crippen LogP) is 3.05. The fourth-order valence-corrected chi connectivity index (χ4v) is 3.06. The van der Waals surface area contributed by atoms with Crippen LogP contribution in [0.2, 0.25) is 0 Å². The molecule has 1 aliphatic heterocycles. The first-order valence-electron chi connectivity index (χ1n) is 7.94. The Labute approximate surface area is 137 Å². The van der Waals surface area contributed by atoms with E-state index in [4.69, 9.17) is 4.74 Å². The summed E-state index contributed by atoms with van der Waals surface area (Å²) in [7, 11) is 1.63. The summed E-state index contributed by atoms with van der Waals surface area (Å²) in [5.74, 6) is 0.857. The van der Waals surface area contributed by atoms with E-state index in [9.17, 15) is 4.79 Å². The molecule has 0 bridgehead atoms. The maximum absolute atomic E-state index is 12.7. The van der Waals surface area contributed by atoms with Gasteiger partial charge in [-0.25, -0.2) is 0 Å². The molecule has 2 aromatic rings. The first-order chi connectivity index (χ1) is 11.2. The third kappa shape index (κ3) is 3.31. The van der Waals surface area contributed by atoms with Gasteiger partial charge in [0, 0.05) is 36.9 Å². The van der Waals surface area contributed by atoms with Crippen molar-refractivity contribution in [3.05, 3.63) is 60.2 Å². The van der Waals surface area contributed by atoms with E-state index in [1.807, 2.05) is 35.2 Å². The van der Waals surface area contributed by atoms with Crippen LogP contribution in [0.5, 0.6) is 5.75 Å². The van der Waals surface area contributed by atoms with Crippen LogP contribution >= 0.6 is 0 Å². The van der Waals surface area contributed by atoms with Gasteiger partial charge in [0.1, 0.15) is 5.75 Å². The van der Waals surface area contributed by atoms with Gasteiger partial charge in [0.05, 0.1) is 7.11 Å². The number of nitrogens with zero attached hydrogens (tertiary/aromatic N) is 2. The van der Waals surface area contributed by atoms with Crippen LogP contribution in [0.4, 0.5) is 5.69 Å². The predicted molar refractivity (Wildman–Crippen MR) is 92.1 cm³/mol. The SMILES string of the molecule is COc1ccc(C(=O)N2CCN(c3ccccc3)C(C)C2)cc1. The summed E-state index contributed by atoms with van der Waals surface area (Å²) >= 11 is 0. The zero-order valence-corrected chi connectivity index (χ0v) is 13.6. The second-order valence-corrected chi connectivity index (χ2v) is 5.86. The van der Waals surface area contributed by atoms with Crippen LogP contribution in [0.25, 0.3) is 0 Å². The maximum Gasteiger partial charge on any atom is 0.253 e. The van der Waals surface area contributed by atoms with Crippen molar-refractivity contribution in [3.8, 4) is 5.75 Å². The highest BCUT2D eigenvalue weighted by Crippen LogP contribution is 2.21. The lowest BCUT2D eigenvalue weighted by molar-refractivity contribution is 0.0726. The molecule has 120 valence electrons. The van der Waals surface area contributed by atoms with Gasteiger partial charge >= 0.3 is 0 Å². The van der Waals surface area contributed by atoms with E-state index in [1.165, 1.54) is 5.69 Å². The van der Waals surface area contributed by atoms with E-state index < -0.39 is 0 Å². The lowest BCUT2D eigenvalue weighted by atomic mass is 10.1. The molecule has 4 nitrogen and oxygen atoms in total. The average Bonchev–Trinajstić information content (AvgIpc) is 2.62. The van der Waals surface area contributed by atoms with Crippen LogP contribution in [0.1, 0.15) is 17.3 Å². The smallest absolute Gasteiger partial charge is 0.253 e. The van der Waals surface area contributed by atoms with Gasteiger partial charge in [0.15, 0.2) is 0 Å². The summed E-state index contributed by atoms with van der Waals surface area (Å²) in [5.41, 5.74) is 1.93. The minimum Gasteiger partial charge on any atom is -0.497 e. The zero-order valence-electron chi connectivity index (χ0n) is 13.6. The number of amides is 1. The number of para-hydroxylation sites is 1. The summed E-state index contributed by atoms with van der Waals surface area (Å²) in [4.78, 5) is 17.0. The summed E-state index contributed by atoms with van der Waals surface area (Å²) in [6.07, 6.45) is 0. The Hall–Kier alpha value is -2.49. The van der Waals surface area contributed by atoms with E-state index in [0.717, 1.165) is 25.4 Å². The normalized spacial score (nSPS) is 17.9. The van der Waals surface area contributed by atoms with Crippen LogP contribution < -0.4 is 9.64 Å². The molecule has 1 aliphatic rings. The molecule has 0 aromatic heterocycles. The molecule has 1 heterocycles. The highest BCUT2D eigenvalue weighted by Gasteiger charge is 2.27. The summed E-state index contributed by atoms with van der Waals surface area (Å²) < 4.78 is 5.14. The Kier molecular flexibility index (Phi) is 4.51. The Morgan fingerprint density at radius 3 is 2.35 bits per heavy atom. The van der Waals surface area contributed by atoms with E-state index in [1.54, 1.807) is 7.11 Å². The minimum absolute atomic E-state index is 0.0900. The average molecular weight is 310 g/mol. The molecule has 0 spiro atoms. The minimum atomic E-state index is 0.0900. The number of hydrogen-bond acceptors (Lipinski definition) is 3. The number of piperazine rings is 1. The van der Waals surface area contributed by atoms with Crippen molar-refractivity contribution >= 4 is 11.6 Å². The van der Waals surface area contributed by atoms with Gasteiger partial charge in [0.25, 0.3) is 5.91 Å². The van der Waals surface area contributed by atoms with Crippen molar-refractivity contribution in [1.29, 1.82) is 0 Å². The molecule has 1 unspecified atom stereocenters. The molecule has 1 saturated heterocycles. The number of hydrogen-bond donors (Lipinski definition) is 0. The maximum atomic E-state index is 12.7. The van der Waals surface area contributed by atoms with Crippen molar-refractivity contribution < 1.29 is 9.53 Å². The van der Waals surface area contributed by atoms with E-state index in [2.05, 4.69) is 36.1 Å². The molecule has 23 heavy (non-hydrogen) atoms. The van der Waals surface area contributed by atoms with Gasteiger partial charge in [-0.05, 0) is 43.3 Å². The molecule has 1 atom stereocenters. The second-order valence-electron chi connectivity index (χ2n) is 5.86. The van der Waals surface area contributed by atoms with Crippen LogP contribution in [0.15, 0.2) is 54.6 Å². The number of anilines is 1. The van der Waals surface area contributed by atoms with Crippen molar-refractivity contribution in [2.24, 2.45) is 0 Å². The molecule has 0 aliphatic carbocycles. The number of rotatable bonds is 3. The van der Waals surface area contributed by atoms with Crippen molar-refractivity contribution in [2.75, 3.05) is 31.6 Å². The third-order valence-corrected chi connectivity index (χ3v) is 4.34. The summed E-state index contributed by atoms with van der Waals surface area (Å²) in [6.45, 7) is 4.50. The molecule has 3 rings (SSSR count). The van der Waals surface area contributed by atoms with Gasteiger partial charge in [0.2, 0.25) is 0 Å². The molecule has 2 aromatic carbocycles. The summed E-state index contributed by atoms with van der Waals surface area (Å²) in [6, 6.07) is 18.0. The fourth-order valence-electron chi connectivity index (χ4n) is 3.06. The van der Waals surface area contributed by atoms with Crippen molar-refractivity contribution in [3.63, 3.8) is 0 Å². The van der Waals surface area contributed by atoms with Crippen LogP contribution in [-0.4, -0.2) is 43.6 Å². The first-order valence-corrected chi connectivity index (χ1v) is 7.94. The monoisotopic (exact) mass is 310 g/mol. The first kappa shape index (κ1) is 15.4. The molecule has 0 saturated carbocycles. The molecular weight excluding hydrogens is 288 g/mol. The van der Waals surface area contributed by atoms with Crippen LogP contribution in [0, 0.1) is 0 Å². The van der Waals surface area contributed by atoms with Crippen LogP contribution in [-0.2, 0) is 0 Å². The number of carbonyl (C=O) groups is 1. The lowest BCUT2D eigenvalue weighted by Crippen LogP contribution is -2.53. The highest BCUT2D eigenvalue weighted by molar-refractivity contribution is 5.94. The number of methoxy groups -OCH3 is 1. The van der Waals surface area contributed by atoms with E-state index in [0.29, 0.717) is 11.6 Å². The van der Waals surface area contributed by atoms with Gasteiger partial charge in [-0.1, -0.05) is 18.2 Å². The Balaban J connectivity index is 1.68. The van der Waals surface area contributed by atoms with E-state index in [-0.39, 0.29) is 5.91 Å². The van der Waals surface area contributed by atoms with Gasteiger partial charge in [-0.2, -0.15) is 0 Å². The highest BCUT2D eigenvalue weighted by atomic mass is 16.5. The van der Waals surface area contributed by atoms with Crippen molar-refractivity contribution in [2.45, 2.75) is 13.0 Å². The lowest BCUT2D eigenvalue weighted by Gasteiger charge is -2.41. The van der Waals surface area contributed by atoms with Gasteiger partial charge < -0.3 is 14.5 Å². The fraction of sp³-hybridized carbons (Fsp3) is 0.316. The topological polar surface area (TPSA) is 32.8 Å². The molecule has 0 N–H and O–H groups in total. The zero-order chi connectivity index (χ0) is 16.2. The number of ether oxygens (including phenoxy) is 1. The molecular formula is C19H22N2O2. The van der Waals surface area contributed by atoms with E-state index >= 15 is 0 Å². The van der Waals surface area contributed by atoms with Crippen LogP contribution in [0.3, 0.4) is 0 Å². The molecule has 1 amide bonds. The van der Waals surface area contributed by atoms with Gasteiger partial charge in [-0.3, -0.25) is 4.79 Å². The summed E-state index contributed by atoms with van der Waals surface area (Å²) in [5, 5.41) is 0. The Morgan fingerprint density at radius 2 is 1.74 bits per heavy atom. The Bertz CT molecular complexity index is 655. The third-order valence-electron chi connectivity index (χ3n) is 4.34.